The van der Waals surface area contributed by atoms with Gasteiger partial charge in [0.25, 0.3) is 5.56 Å². The van der Waals surface area contributed by atoms with Crippen molar-refractivity contribution in [1.82, 2.24) is 4.57 Å². The van der Waals surface area contributed by atoms with Crippen molar-refractivity contribution in [3.63, 3.8) is 0 Å². The fourth-order valence-corrected chi connectivity index (χ4v) is 2.19. The van der Waals surface area contributed by atoms with E-state index in [0.717, 1.165) is 6.07 Å². The number of halogens is 3. The molecule has 1 heterocycles. The highest BCUT2D eigenvalue weighted by molar-refractivity contribution is 5.90. The van der Waals surface area contributed by atoms with Gasteiger partial charge in [0.2, 0.25) is 0 Å². The Morgan fingerprint density at radius 2 is 1.62 bits per heavy atom. The van der Waals surface area contributed by atoms with Crippen LogP contribution < -0.4 is 5.56 Å². The van der Waals surface area contributed by atoms with Gasteiger partial charge in [0.05, 0.1) is 11.3 Å². The van der Waals surface area contributed by atoms with Crippen LogP contribution in [-0.2, 0) is 0 Å². The van der Waals surface area contributed by atoms with Crippen molar-refractivity contribution >= 4 is 5.97 Å². The minimum absolute atomic E-state index is 0.0718. The molecule has 110 valence electrons. The van der Waals surface area contributed by atoms with E-state index in [2.05, 4.69) is 0 Å². The van der Waals surface area contributed by atoms with Crippen LogP contribution in [0.5, 0.6) is 0 Å². The summed E-state index contributed by atoms with van der Waals surface area (Å²) in [5, 5.41) is 9.13. The summed E-state index contributed by atoms with van der Waals surface area (Å²) < 4.78 is 40.7. The van der Waals surface area contributed by atoms with Crippen molar-refractivity contribution in [3.8, 4) is 5.69 Å². The summed E-state index contributed by atoms with van der Waals surface area (Å²) in [7, 11) is 0. The van der Waals surface area contributed by atoms with Crippen molar-refractivity contribution in [2.75, 3.05) is 0 Å². The van der Waals surface area contributed by atoms with Crippen LogP contribution in [0, 0.1) is 31.3 Å². The lowest BCUT2D eigenvalue weighted by molar-refractivity contribution is 0.0694. The number of aromatic nitrogens is 1. The molecule has 0 radical (unpaired) electrons. The summed E-state index contributed by atoms with van der Waals surface area (Å²) in [6.07, 6.45) is 0. The highest BCUT2D eigenvalue weighted by atomic mass is 19.2. The van der Waals surface area contributed by atoms with Gasteiger partial charge in [-0.05, 0) is 19.4 Å². The molecule has 7 heteroatoms. The molecular formula is C14H10F3NO3. The zero-order valence-electron chi connectivity index (χ0n) is 11.1. The Morgan fingerprint density at radius 3 is 2.19 bits per heavy atom. The van der Waals surface area contributed by atoms with Crippen LogP contribution in [0.15, 0.2) is 23.0 Å². The lowest BCUT2D eigenvalue weighted by Crippen LogP contribution is -2.25. The molecule has 0 saturated carbocycles. The Hall–Kier alpha value is -2.57. The van der Waals surface area contributed by atoms with Gasteiger partial charge in [0, 0.05) is 23.9 Å². The molecule has 0 fully saturated rings. The molecule has 1 N–H and O–H groups in total. The highest BCUT2D eigenvalue weighted by Crippen LogP contribution is 2.20. The molecule has 0 saturated heterocycles. The molecule has 0 atom stereocenters. The van der Waals surface area contributed by atoms with Crippen molar-refractivity contribution in [2.45, 2.75) is 13.8 Å². The second-order valence-corrected chi connectivity index (χ2v) is 4.48. The molecule has 4 nitrogen and oxygen atoms in total. The third-order valence-corrected chi connectivity index (χ3v) is 3.10. The maximum Gasteiger partial charge on any atom is 0.337 e. The zero-order valence-corrected chi connectivity index (χ0v) is 11.1. The predicted molar refractivity (Wildman–Crippen MR) is 68.3 cm³/mol. The van der Waals surface area contributed by atoms with Crippen LogP contribution in [0.1, 0.15) is 21.6 Å². The smallest absolute Gasteiger partial charge is 0.337 e. The summed E-state index contributed by atoms with van der Waals surface area (Å²) in [6, 6.07) is 1.81. The number of carboxylic acid groups (broad SMARTS) is 1. The monoisotopic (exact) mass is 297 g/mol. The number of carbonyl (C=O) groups is 1. The second kappa shape index (κ2) is 5.08. The van der Waals surface area contributed by atoms with Crippen LogP contribution in [0.3, 0.4) is 0 Å². The van der Waals surface area contributed by atoms with E-state index in [1.807, 2.05) is 0 Å². The predicted octanol–water partition coefficient (Wildman–Crippen LogP) is 2.57. The molecule has 0 aliphatic rings. The zero-order chi connectivity index (χ0) is 15.9. The number of pyridine rings is 1. The molecule has 21 heavy (non-hydrogen) atoms. The van der Waals surface area contributed by atoms with E-state index in [-0.39, 0.29) is 16.8 Å². The highest BCUT2D eigenvalue weighted by Gasteiger charge is 2.20. The van der Waals surface area contributed by atoms with Crippen LogP contribution in [0.2, 0.25) is 0 Å². The maximum atomic E-state index is 13.8. The van der Waals surface area contributed by atoms with E-state index < -0.39 is 34.7 Å². The number of rotatable bonds is 2. The van der Waals surface area contributed by atoms with Gasteiger partial charge in [-0.25, -0.2) is 18.0 Å². The maximum absolute atomic E-state index is 13.8. The number of aromatic carboxylic acids is 1. The minimum atomic E-state index is -1.40. The van der Waals surface area contributed by atoms with E-state index in [1.54, 1.807) is 0 Å². The largest absolute Gasteiger partial charge is 0.478 e. The summed E-state index contributed by atoms with van der Waals surface area (Å²) in [6.45, 7) is 2.71. The minimum Gasteiger partial charge on any atom is -0.478 e. The van der Waals surface area contributed by atoms with Crippen molar-refractivity contribution in [2.24, 2.45) is 0 Å². The first kappa shape index (κ1) is 14.8. The van der Waals surface area contributed by atoms with E-state index in [0.29, 0.717) is 16.7 Å². The fraction of sp³-hybridized carbons (Fsp3) is 0.143. The normalized spacial score (nSPS) is 10.7. The molecule has 1 aromatic heterocycles. The molecule has 2 aromatic rings. The molecule has 2 rings (SSSR count). The van der Waals surface area contributed by atoms with Gasteiger partial charge in [-0.1, -0.05) is 0 Å². The van der Waals surface area contributed by atoms with Crippen molar-refractivity contribution < 1.29 is 23.1 Å². The first-order valence-electron chi connectivity index (χ1n) is 5.85. The number of hydrogen-bond acceptors (Lipinski definition) is 2. The molecule has 1 aromatic carbocycles. The van der Waals surface area contributed by atoms with Crippen LogP contribution >= 0.6 is 0 Å². The quantitative estimate of drug-likeness (QED) is 0.867. The standard InChI is InChI=1S/C14H10F3NO3/c1-6-3-12(19)18(7(2)13(6)14(20)21)11-5-9(16)8(15)4-10(11)17/h3-5H,1-2H3,(H,20,21). The van der Waals surface area contributed by atoms with Gasteiger partial charge in [-0.15, -0.1) is 0 Å². The van der Waals surface area contributed by atoms with Gasteiger partial charge in [0.15, 0.2) is 11.6 Å². The molecule has 0 aliphatic heterocycles. The Labute approximate surface area is 117 Å². The van der Waals surface area contributed by atoms with E-state index >= 15 is 0 Å². The third-order valence-electron chi connectivity index (χ3n) is 3.10. The van der Waals surface area contributed by atoms with E-state index in [1.165, 1.54) is 13.8 Å². The molecule has 0 spiro atoms. The van der Waals surface area contributed by atoms with Crippen LogP contribution in [-0.4, -0.2) is 15.6 Å². The molecule has 0 bridgehead atoms. The van der Waals surface area contributed by atoms with E-state index in [4.69, 9.17) is 5.11 Å². The van der Waals surface area contributed by atoms with Crippen LogP contribution in [0.4, 0.5) is 13.2 Å². The number of benzene rings is 1. The fourth-order valence-electron chi connectivity index (χ4n) is 2.19. The number of aryl methyl sites for hydroxylation is 1. The van der Waals surface area contributed by atoms with Gasteiger partial charge >= 0.3 is 5.97 Å². The average Bonchev–Trinajstić information content (AvgIpc) is 2.34. The van der Waals surface area contributed by atoms with Crippen molar-refractivity contribution in [1.29, 1.82) is 0 Å². The molecule has 0 aliphatic carbocycles. The Balaban J connectivity index is 2.88. The summed E-state index contributed by atoms with van der Waals surface area (Å²) in [5.74, 6) is -5.20. The van der Waals surface area contributed by atoms with Gasteiger partial charge in [0.1, 0.15) is 5.82 Å². The van der Waals surface area contributed by atoms with Gasteiger partial charge in [-0.2, -0.15) is 0 Å². The van der Waals surface area contributed by atoms with Crippen LogP contribution in [0.25, 0.3) is 5.69 Å². The van der Waals surface area contributed by atoms with E-state index in [9.17, 15) is 22.8 Å². The first-order chi connectivity index (χ1) is 9.73. The lowest BCUT2D eigenvalue weighted by Gasteiger charge is -2.15. The lowest BCUT2D eigenvalue weighted by atomic mass is 10.1. The molecule has 0 amide bonds. The van der Waals surface area contributed by atoms with Gasteiger partial charge in [-0.3, -0.25) is 9.36 Å². The number of nitrogens with zero attached hydrogens (tertiary/aromatic N) is 1. The first-order valence-corrected chi connectivity index (χ1v) is 5.85. The molecular weight excluding hydrogens is 287 g/mol. The Morgan fingerprint density at radius 1 is 1.05 bits per heavy atom. The number of carboxylic acids is 1. The summed E-state index contributed by atoms with van der Waals surface area (Å²) in [4.78, 5) is 23.2. The topological polar surface area (TPSA) is 59.3 Å². The average molecular weight is 297 g/mol. The Bertz CT molecular complexity index is 812. The third kappa shape index (κ3) is 2.42. The van der Waals surface area contributed by atoms with Crippen molar-refractivity contribution in [3.05, 3.63) is 62.8 Å². The summed E-state index contributed by atoms with van der Waals surface area (Å²) in [5.41, 5.74) is -1.35. The SMILES string of the molecule is Cc1cc(=O)n(-c2cc(F)c(F)cc2F)c(C)c1C(=O)O. The molecule has 0 unspecified atom stereocenters. The van der Waals surface area contributed by atoms with Gasteiger partial charge < -0.3 is 5.11 Å². The number of hydrogen-bond donors (Lipinski definition) is 1. The second-order valence-electron chi connectivity index (χ2n) is 4.48. The Kier molecular flexibility index (Phi) is 3.59. The summed E-state index contributed by atoms with van der Waals surface area (Å²) >= 11 is 0.